The van der Waals surface area contributed by atoms with Gasteiger partial charge in [0.2, 0.25) is 0 Å². The van der Waals surface area contributed by atoms with Gasteiger partial charge in [-0.2, -0.15) is 13.2 Å². The lowest BCUT2D eigenvalue weighted by atomic mass is 10.1. The van der Waals surface area contributed by atoms with Crippen molar-refractivity contribution in [3.8, 4) is 5.75 Å². The zero-order valence-corrected chi connectivity index (χ0v) is 15.3. The highest BCUT2D eigenvalue weighted by Gasteiger charge is 2.31. The molecule has 0 saturated carbocycles. The van der Waals surface area contributed by atoms with E-state index in [9.17, 15) is 18.0 Å². The first-order valence-corrected chi connectivity index (χ1v) is 8.14. The minimum atomic E-state index is -4.53. The Labute approximate surface area is 155 Å². The zero-order chi connectivity index (χ0) is 20.0. The van der Waals surface area contributed by atoms with Crippen LogP contribution in [-0.2, 0) is 10.9 Å². The molecule has 0 bridgehead atoms. The number of alkyl halides is 3. The smallest absolute Gasteiger partial charge is 0.416 e. The zero-order valence-electron chi connectivity index (χ0n) is 15.3. The number of carbonyl (C=O) groups excluding carboxylic acids is 1. The standard InChI is InChI=1S/C19H21F3N2O3/c1-24(2)15-6-4-5-13(11-15)18(25)23-16-12-14(19(20,21)22)7-8-17(16)27-10-9-26-3/h4-8,11-12H,9-10H2,1-3H3,(H,23,25). The Hall–Kier alpha value is -2.74. The molecule has 2 rings (SSSR count). The fourth-order valence-electron chi connectivity index (χ4n) is 2.28. The third-order valence-electron chi connectivity index (χ3n) is 3.72. The van der Waals surface area contributed by atoms with Crippen LogP contribution in [-0.4, -0.2) is 40.3 Å². The Morgan fingerprint density at radius 1 is 1.11 bits per heavy atom. The lowest BCUT2D eigenvalue weighted by Gasteiger charge is -2.16. The first-order valence-electron chi connectivity index (χ1n) is 8.14. The molecule has 8 heteroatoms. The van der Waals surface area contributed by atoms with E-state index in [2.05, 4.69) is 5.32 Å². The van der Waals surface area contributed by atoms with Gasteiger partial charge in [0, 0.05) is 32.5 Å². The topological polar surface area (TPSA) is 50.8 Å². The Morgan fingerprint density at radius 2 is 1.85 bits per heavy atom. The summed E-state index contributed by atoms with van der Waals surface area (Å²) in [6, 6.07) is 9.70. The molecular weight excluding hydrogens is 361 g/mol. The fraction of sp³-hybridized carbons (Fsp3) is 0.316. The Morgan fingerprint density at radius 3 is 2.48 bits per heavy atom. The molecule has 0 heterocycles. The quantitative estimate of drug-likeness (QED) is 0.734. The van der Waals surface area contributed by atoms with Crippen LogP contribution in [0.3, 0.4) is 0 Å². The SMILES string of the molecule is COCCOc1ccc(C(F)(F)F)cc1NC(=O)c1cccc(N(C)C)c1. The largest absolute Gasteiger partial charge is 0.489 e. The number of nitrogens with one attached hydrogen (secondary N) is 1. The molecule has 146 valence electrons. The number of hydrogen-bond acceptors (Lipinski definition) is 4. The molecule has 0 aromatic heterocycles. The number of halogens is 3. The number of amides is 1. The Bertz CT molecular complexity index is 792. The van der Waals surface area contributed by atoms with Gasteiger partial charge >= 0.3 is 6.18 Å². The van der Waals surface area contributed by atoms with Gasteiger partial charge in [-0.15, -0.1) is 0 Å². The lowest BCUT2D eigenvalue weighted by molar-refractivity contribution is -0.137. The summed E-state index contributed by atoms with van der Waals surface area (Å²) in [4.78, 5) is 14.4. The third kappa shape index (κ3) is 5.62. The van der Waals surface area contributed by atoms with Gasteiger partial charge in [-0.3, -0.25) is 4.79 Å². The van der Waals surface area contributed by atoms with Crippen LogP contribution >= 0.6 is 0 Å². The van der Waals surface area contributed by atoms with E-state index in [1.54, 1.807) is 18.2 Å². The number of methoxy groups -OCH3 is 1. The van der Waals surface area contributed by atoms with Gasteiger partial charge in [0.25, 0.3) is 5.91 Å². The average molecular weight is 382 g/mol. The molecule has 27 heavy (non-hydrogen) atoms. The molecule has 1 N–H and O–H groups in total. The summed E-state index contributed by atoms with van der Waals surface area (Å²) in [5.74, 6) is -0.396. The van der Waals surface area contributed by atoms with Crippen molar-refractivity contribution in [1.29, 1.82) is 0 Å². The number of anilines is 2. The molecule has 0 saturated heterocycles. The summed E-state index contributed by atoms with van der Waals surface area (Å²) in [6.07, 6.45) is -4.53. The molecule has 0 fully saturated rings. The van der Waals surface area contributed by atoms with Crippen molar-refractivity contribution in [2.24, 2.45) is 0 Å². The first-order chi connectivity index (χ1) is 12.7. The maximum atomic E-state index is 13.0. The van der Waals surface area contributed by atoms with Gasteiger partial charge in [-0.1, -0.05) is 6.07 Å². The summed E-state index contributed by atoms with van der Waals surface area (Å²) in [7, 11) is 5.13. The van der Waals surface area contributed by atoms with Crippen molar-refractivity contribution in [2.75, 3.05) is 44.6 Å². The summed E-state index contributed by atoms with van der Waals surface area (Å²) >= 11 is 0. The van der Waals surface area contributed by atoms with Crippen molar-refractivity contribution < 1.29 is 27.4 Å². The van der Waals surface area contributed by atoms with Gasteiger partial charge in [-0.05, 0) is 36.4 Å². The van der Waals surface area contributed by atoms with Crippen molar-refractivity contribution in [1.82, 2.24) is 0 Å². The van der Waals surface area contributed by atoms with Crippen LogP contribution in [0.5, 0.6) is 5.75 Å². The Balaban J connectivity index is 2.30. The maximum absolute atomic E-state index is 13.0. The summed E-state index contributed by atoms with van der Waals surface area (Å²) in [5.41, 5.74) is 0.185. The van der Waals surface area contributed by atoms with Gasteiger partial charge < -0.3 is 19.7 Å². The number of benzene rings is 2. The van der Waals surface area contributed by atoms with Crippen molar-refractivity contribution >= 4 is 17.3 Å². The van der Waals surface area contributed by atoms with E-state index < -0.39 is 17.6 Å². The van der Waals surface area contributed by atoms with Crippen LogP contribution < -0.4 is 15.0 Å². The predicted octanol–water partition coefficient (Wildman–Crippen LogP) is 4.05. The van der Waals surface area contributed by atoms with Crippen LogP contribution in [0, 0.1) is 0 Å². The molecule has 2 aromatic carbocycles. The van der Waals surface area contributed by atoms with E-state index in [1.165, 1.54) is 13.2 Å². The number of ether oxygens (including phenoxy) is 2. The van der Waals surface area contributed by atoms with Gasteiger partial charge in [0.15, 0.2) is 0 Å². The number of carbonyl (C=O) groups is 1. The van der Waals surface area contributed by atoms with Crippen molar-refractivity contribution in [3.05, 3.63) is 53.6 Å². The number of hydrogen-bond donors (Lipinski definition) is 1. The van der Waals surface area contributed by atoms with E-state index in [1.807, 2.05) is 25.1 Å². The van der Waals surface area contributed by atoms with Crippen LogP contribution in [0.25, 0.3) is 0 Å². The van der Waals surface area contributed by atoms with Crippen LogP contribution in [0.1, 0.15) is 15.9 Å². The fourth-order valence-corrected chi connectivity index (χ4v) is 2.28. The molecule has 0 aliphatic heterocycles. The highest BCUT2D eigenvalue weighted by Crippen LogP contribution is 2.35. The van der Waals surface area contributed by atoms with Crippen LogP contribution in [0.15, 0.2) is 42.5 Å². The normalized spacial score (nSPS) is 11.2. The van der Waals surface area contributed by atoms with Gasteiger partial charge in [0.05, 0.1) is 17.9 Å². The lowest BCUT2D eigenvalue weighted by Crippen LogP contribution is -2.16. The Kier molecular flexibility index (Phi) is 6.68. The van der Waals surface area contributed by atoms with E-state index in [0.29, 0.717) is 5.56 Å². The molecule has 0 radical (unpaired) electrons. The molecule has 0 aliphatic rings. The number of nitrogens with zero attached hydrogens (tertiary/aromatic N) is 1. The second kappa shape index (κ2) is 8.77. The second-order valence-electron chi connectivity index (χ2n) is 5.95. The van der Waals surface area contributed by atoms with Crippen LogP contribution in [0.4, 0.5) is 24.5 Å². The average Bonchev–Trinajstić information content (AvgIpc) is 2.62. The summed E-state index contributed by atoms with van der Waals surface area (Å²) < 4.78 is 49.4. The van der Waals surface area contributed by atoms with E-state index in [0.717, 1.165) is 17.8 Å². The monoisotopic (exact) mass is 382 g/mol. The minimum Gasteiger partial charge on any atom is -0.489 e. The number of rotatable bonds is 7. The van der Waals surface area contributed by atoms with Gasteiger partial charge in [-0.25, -0.2) is 0 Å². The maximum Gasteiger partial charge on any atom is 0.416 e. The van der Waals surface area contributed by atoms with Crippen molar-refractivity contribution in [3.63, 3.8) is 0 Å². The highest BCUT2D eigenvalue weighted by molar-refractivity contribution is 6.05. The third-order valence-corrected chi connectivity index (χ3v) is 3.72. The van der Waals surface area contributed by atoms with Crippen molar-refractivity contribution in [2.45, 2.75) is 6.18 Å². The molecule has 2 aromatic rings. The molecular formula is C19H21F3N2O3. The molecule has 1 amide bonds. The highest BCUT2D eigenvalue weighted by atomic mass is 19.4. The summed E-state index contributed by atoms with van der Waals surface area (Å²) in [6.45, 7) is 0.403. The van der Waals surface area contributed by atoms with Gasteiger partial charge in [0.1, 0.15) is 12.4 Å². The molecule has 0 atom stereocenters. The first kappa shape index (κ1) is 20.6. The predicted molar refractivity (Wildman–Crippen MR) is 97.5 cm³/mol. The van der Waals surface area contributed by atoms with E-state index in [4.69, 9.17) is 9.47 Å². The minimum absolute atomic E-state index is 0.0545. The molecule has 5 nitrogen and oxygen atoms in total. The second-order valence-corrected chi connectivity index (χ2v) is 5.95. The van der Waals surface area contributed by atoms with E-state index >= 15 is 0 Å². The molecule has 0 unspecified atom stereocenters. The summed E-state index contributed by atoms with van der Waals surface area (Å²) in [5, 5.41) is 2.51. The van der Waals surface area contributed by atoms with Crippen LogP contribution in [0.2, 0.25) is 0 Å². The molecule has 0 aliphatic carbocycles. The van der Waals surface area contributed by atoms with E-state index in [-0.39, 0.29) is 24.7 Å². The molecule has 0 spiro atoms.